The number of nitrogens with two attached hydrogens (primary N) is 1. The third-order valence-corrected chi connectivity index (χ3v) is 2.74. The molecule has 1 aliphatic heterocycles. The molecule has 12 heavy (non-hydrogen) atoms. The van der Waals surface area contributed by atoms with E-state index in [-0.39, 0.29) is 5.54 Å². The van der Waals surface area contributed by atoms with Crippen molar-refractivity contribution < 1.29 is 0 Å². The second kappa shape index (κ2) is 3.73. The lowest BCUT2D eigenvalue weighted by Gasteiger charge is -2.31. The molecule has 0 atom stereocenters. The zero-order chi connectivity index (χ0) is 9.19. The van der Waals surface area contributed by atoms with Crippen molar-refractivity contribution in [1.29, 1.82) is 0 Å². The third kappa shape index (κ3) is 2.44. The van der Waals surface area contributed by atoms with Crippen LogP contribution < -0.4 is 5.73 Å². The fraction of sp³-hybridized carbons (Fsp3) is 1.00. The lowest BCUT2D eigenvalue weighted by atomic mass is 9.97. The van der Waals surface area contributed by atoms with E-state index in [4.69, 9.17) is 5.73 Å². The van der Waals surface area contributed by atoms with E-state index in [1.165, 1.54) is 0 Å². The molecule has 0 aromatic carbocycles. The maximum atomic E-state index is 6.26. The quantitative estimate of drug-likeness (QED) is 0.601. The fourth-order valence-corrected chi connectivity index (χ4v) is 1.85. The van der Waals surface area contributed by atoms with Crippen LogP contribution in [0.5, 0.6) is 0 Å². The maximum Gasteiger partial charge on any atom is 0.0409 e. The number of rotatable bonds is 1. The molecule has 1 heterocycles. The number of hydrogen-bond acceptors (Lipinski definition) is 3. The summed E-state index contributed by atoms with van der Waals surface area (Å²) in [7, 11) is 4.30. The largest absolute Gasteiger partial charge is 0.323 e. The summed E-state index contributed by atoms with van der Waals surface area (Å²) < 4.78 is 0. The molecular formula is C9H21N3. The van der Waals surface area contributed by atoms with Crippen LogP contribution in [0.3, 0.4) is 0 Å². The number of hydrogen-bond donors (Lipinski definition) is 1. The zero-order valence-corrected chi connectivity index (χ0v) is 8.51. The molecule has 0 unspecified atom stereocenters. The van der Waals surface area contributed by atoms with Crippen molar-refractivity contribution >= 4 is 0 Å². The second-order valence-corrected chi connectivity index (χ2v) is 4.19. The van der Waals surface area contributed by atoms with Crippen molar-refractivity contribution in [1.82, 2.24) is 9.80 Å². The molecule has 0 aromatic heterocycles. The average molecular weight is 171 g/mol. The summed E-state index contributed by atoms with van der Waals surface area (Å²) in [4.78, 5) is 4.65. The first-order valence-electron chi connectivity index (χ1n) is 4.72. The van der Waals surface area contributed by atoms with Crippen molar-refractivity contribution in [3.63, 3.8) is 0 Å². The third-order valence-electron chi connectivity index (χ3n) is 2.74. The molecule has 72 valence electrons. The van der Waals surface area contributed by atoms with Crippen LogP contribution in [0.15, 0.2) is 0 Å². The van der Waals surface area contributed by atoms with Gasteiger partial charge in [0.1, 0.15) is 0 Å². The van der Waals surface area contributed by atoms with Gasteiger partial charge in [0, 0.05) is 31.7 Å². The van der Waals surface area contributed by atoms with Gasteiger partial charge in [-0.05, 0) is 20.5 Å². The number of likely N-dealkylation sites (N-methyl/N-ethyl adjacent to an activating group) is 2. The molecule has 3 nitrogen and oxygen atoms in total. The van der Waals surface area contributed by atoms with E-state index in [2.05, 4.69) is 30.8 Å². The van der Waals surface area contributed by atoms with Crippen molar-refractivity contribution in [2.24, 2.45) is 5.73 Å². The lowest BCUT2D eigenvalue weighted by molar-refractivity contribution is 0.251. The molecule has 3 heteroatoms. The number of nitrogens with zero attached hydrogens (tertiary/aromatic N) is 2. The summed E-state index contributed by atoms with van der Waals surface area (Å²) in [5.74, 6) is 0. The highest BCUT2D eigenvalue weighted by molar-refractivity contribution is 4.90. The molecule has 1 rings (SSSR count). The SMILES string of the molecule is CCC1(N)CN(C)CCN(C)C1. The molecule has 1 saturated heterocycles. The smallest absolute Gasteiger partial charge is 0.0409 e. The Labute approximate surface area is 75.5 Å². The summed E-state index contributed by atoms with van der Waals surface area (Å²) in [5, 5.41) is 0. The van der Waals surface area contributed by atoms with Crippen LogP contribution in [-0.2, 0) is 0 Å². The lowest BCUT2D eigenvalue weighted by Crippen LogP contribution is -2.52. The highest BCUT2D eigenvalue weighted by atomic mass is 15.2. The van der Waals surface area contributed by atoms with Crippen LogP contribution in [0, 0.1) is 0 Å². The van der Waals surface area contributed by atoms with E-state index in [0.29, 0.717) is 0 Å². The van der Waals surface area contributed by atoms with Crippen LogP contribution in [0.2, 0.25) is 0 Å². The molecule has 2 N–H and O–H groups in total. The van der Waals surface area contributed by atoms with Crippen molar-refractivity contribution in [3.8, 4) is 0 Å². The minimum atomic E-state index is 0.000000000000000222. The molecule has 0 radical (unpaired) electrons. The molecule has 0 spiro atoms. The molecular weight excluding hydrogens is 150 g/mol. The molecule has 1 aliphatic rings. The Morgan fingerprint density at radius 3 is 1.92 bits per heavy atom. The van der Waals surface area contributed by atoms with E-state index < -0.39 is 0 Å². The van der Waals surface area contributed by atoms with Crippen LogP contribution >= 0.6 is 0 Å². The molecule has 0 amide bonds. The molecule has 0 aromatic rings. The summed E-state index contributed by atoms with van der Waals surface area (Å²) in [6.07, 6.45) is 1.06. The van der Waals surface area contributed by atoms with Crippen LogP contribution in [0.4, 0.5) is 0 Å². The Hall–Kier alpha value is -0.120. The van der Waals surface area contributed by atoms with Gasteiger partial charge in [-0.2, -0.15) is 0 Å². The standard InChI is InChI=1S/C9H21N3/c1-4-9(10)7-11(2)5-6-12(3)8-9/h4-8,10H2,1-3H3. The minimum Gasteiger partial charge on any atom is -0.323 e. The first-order chi connectivity index (χ1) is 5.56. The first kappa shape index (κ1) is 9.96. The summed E-state index contributed by atoms with van der Waals surface area (Å²) >= 11 is 0. The van der Waals surface area contributed by atoms with Gasteiger partial charge in [0.15, 0.2) is 0 Å². The maximum absolute atomic E-state index is 6.26. The van der Waals surface area contributed by atoms with E-state index in [0.717, 1.165) is 32.6 Å². The molecule has 0 bridgehead atoms. The van der Waals surface area contributed by atoms with E-state index in [9.17, 15) is 0 Å². The highest BCUT2D eigenvalue weighted by Gasteiger charge is 2.28. The van der Waals surface area contributed by atoms with Gasteiger partial charge in [-0.25, -0.2) is 0 Å². The van der Waals surface area contributed by atoms with Crippen molar-refractivity contribution in [2.45, 2.75) is 18.9 Å². The summed E-state index contributed by atoms with van der Waals surface area (Å²) in [6.45, 7) is 6.49. The Bertz CT molecular complexity index is 135. The molecule has 0 saturated carbocycles. The van der Waals surface area contributed by atoms with E-state index >= 15 is 0 Å². The van der Waals surface area contributed by atoms with Crippen molar-refractivity contribution in [2.75, 3.05) is 40.3 Å². The predicted octanol–water partition coefficient (Wildman–Crippen LogP) is -0.0289. The van der Waals surface area contributed by atoms with E-state index in [1.54, 1.807) is 0 Å². The Balaban J connectivity index is 2.61. The highest BCUT2D eigenvalue weighted by Crippen LogP contribution is 2.12. The van der Waals surface area contributed by atoms with Crippen LogP contribution in [-0.4, -0.2) is 55.6 Å². The van der Waals surface area contributed by atoms with Gasteiger partial charge >= 0.3 is 0 Å². The van der Waals surface area contributed by atoms with E-state index in [1.807, 2.05) is 0 Å². The van der Waals surface area contributed by atoms with Gasteiger partial charge in [0.05, 0.1) is 0 Å². The minimum absolute atomic E-state index is 0.000000000000000222. The van der Waals surface area contributed by atoms with Gasteiger partial charge in [0.2, 0.25) is 0 Å². The predicted molar refractivity (Wildman–Crippen MR) is 52.2 cm³/mol. The van der Waals surface area contributed by atoms with Gasteiger partial charge < -0.3 is 15.5 Å². The van der Waals surface area contributed by atoms with Gasteiger partial charge in [-0.3, -0.25) is 0 Å². The normalized spacial score (nSPS) is 27.0. The Morgan fingerprint density at radius 2 is 1.58 bits per heavy atom. The van der Waals surface area contributed by atoms with Crippen molar-refractivity contribution in [3.05, 3.63) is 0 Å². The summed E-state index contributed by atoms with van der Waals surface area (Å²) in [6, 6.07) is 0. The monoisotopic (exact) mass is 171 g/mol. The Morgan fingerprint density at radius 1 is 1.17 bits per heavy atom. The summed E-state index contributed by atoms with van der Waals surface area (Å²) in [5.41, 5.74) is 6.26. The van der Waals surface area contributed by atoms with Crippen LogP contribution in [0.1, 0.15) is 13.3 Å². The van der Waals surface area contributed by atoms with Gasteiger partial charge in [-0.15, -0.1) is 0 Å². The first-order valence-corrected chi connectivity index (χ1v) is 4.72. The topological polar surface area (TPSA) is 32.5 Å². The van der Waals surface area contributed by atoms with Gasteiger partial charge in [-0.1, -0.05) is 6.92 Å². The molecule has 0 aliphatic carbocycles. The van der Waals surface area contributed by atoms with Crippen LogP contribution in [0.25, 0.3) is 0 Å². The zero-order valence-electron chi connectivity index (χ0n) is 8.51. The Kier molecular flexibility index (Phi) is 3.09. The average Bonchev–Trinajstić information content (AvgIpc) is 2.11. The van der Waals surface area contributed by atoms with Gasteiger partial charge in [0.25, 0.3) is 0 Å². The fourth-order valence-electron chi connectivity index (χ4n) is 1.85. The molecule has 1 fully saturated rings. The second-order valence-electron chi connectivity index (χ2n) is 4.19.